The molecule has 1 rings (SSSR count). The Kier molecular flexibility index (Phi) is 3.15. The summed E-state index contributed by atoms with van der Waals surface area (Å²) in [6, 6.07) is 1.79. The summed E-state index contributed by atoms with van der Waals surface area (Å²) in [5.74, 6) is 0. The fourth-order valence-corrected chi connectivity index (χ4v) is 2.07. The molecule has 0 aromatic carbocycles. The summed E-state index contributed by atoms with van der Waals surface area (Å²) in [6.07, 6.45) is -13.5. The van der Waals surface area contributed by atoms with Crippen molar-refractivity contribution in [1.29, 1.82) is 5.26 Å². The van der Waals surface area contributed by atoms with Crippen LogP contribution in [0.3, 0.4) is 0 Å². The first-order chi connectivity index (χ1) is 7.47. The Morgan fingerprint density at radius 2 is 1.24 bits per heavy atom. The first-order valence-electron chi connectivity index (χ1n) is 5.02. The molecule has 98 valence electrons. The zero-order chi connectivity index (χ0) is 13.5. The molecule has 0 aromatic rings. The van der Waals surface area contributed by atoms with Crippen LogP contribution in [0.25, 0.3) is 0 Å². The number of hydrogen-bond acceptors (Lipinski definition) is 1. The lowest BCUT2D eigenvalue weighted by Gasteiger charge is -2.43. The van der Waals surface area contributed by atoms with Gasteiger partial charge in [-0.2, -0.15) is 31.6 Å². The lowest BCUT2D eigenvalue weighted by molar-refractivity contribution is -0.352. The third-order valence-electron chi connectivity index (χ3n) is 3.56. The summed E-state index contributed by atoms with van der Waals surface area (Å²) in [4.78, 5) is 0. The maximum absolute atomic E-state index is 12.6. The van der Waals surface area contributed by atoms with Crippen LogP contribution in [0.4, 0.5) is 26.3 Å². The van der Waals surface area contributed by atoms with Gasteiger partial charge in [0.05, 0.1) is 11.5 Å². The molecule has 7 heteroatoms. The smallest absolute Gasteiger partial charge is 0.198 e. The second kappa shape index (κ2) is 3.79. The summed E-state index contributed by atoms with van der Waals surface area (Å²) >= 11 is 0. The minimum absolute atomic E-state index is 0.386. The van der Waals surface area contributed by atoms with Gasteiger partial charge in [-0.05, 0) is 32.6 Å². The Bertz CT molecular complexity index is 310. The predicted octanol–water partition coefficient (Wildman–Crippen LogP) is 4.20. The molecule has 0 N–H and O–H groups in total. The van der Waals surface area contributed by atoms with Gasteiger partial charge in [0.2, 0.25) is 0 Å². The molecule has 0 radical (unpaired) electrons. The summed E-state index contributed by atoms with van der Waals surface area (Å²) in [7, 11) is 0. The van der Waals surface area contributed by atoms with E-state index >= 15 is 0 Å². The number of nitrogens with zero attached hydrogens (tertiary/aromatic N) is 1. The average molecular weight is 259 g/mol. The average Bonchev–Trinajstić information content (AvgIpc) is 2.15. The number of alkyl halides is 6. The van der Waals surface area contributed by atoms with Gasteiger partial charge in [-0.1, -0.05) is 0 Å². The van der Waals surface area contributed by atoms with Crippen molar-refractivity contribution in [3.8, 4) is 6.07 Å². The van der Waals surface area contributed by atoms with Crippen molar-refractivity contribution in [2.45, 2.75) is 45.0 Å². The molecule has 0 aromatic heterocycles. The van der Waals surface area contributed by atoms with Crippen LogP contribution in [0.5, 0.6) is 0 Å². The van der Waals surface area contributed by atoms with Gasteiger partial charge in [0.15, 0.2) is 5.41 Å². The standard InChI is InChI=1S/C10H11F6N/c1-7(6-17)2-4-8(5-3-7,9(11,12)13)10(14,15)16/h2-5H2,1H3. The van der Waals surface area contributed by atoms with E-state index in [4.69, 9.17) is 5.26 Å². The van der Waals surface area contributed by atoms with Crippen molar-refractivity contribution >= 4 is 0 Å². The maximum Gasteiger partial charge on any atom is 0.403 e. The summed E-state index contributed by atoms with van der Waals surface area (Å²) in [6.45, 7) is 1.39. The maximum atomic E-state index is 12.6. The van der Waals surface area contributed by atoms with Gasteiger partial charge in [0.1, 0.15) is 0 Å². The summed E-state index contributed by atoms with van der Waals surface area (Å²) in [5.41, 5.74) is -4.73. The highest BCUT2D eigenvalue weighted by Gasteiger charge is 2.71. The van der Waals surface area contributed by atoms with Gasteiger partial charge in [0, 0.05) is 0 Å². The third kappa shape index (κ3) is 2.22. The first kappa shape index (κ1) is 14.1. The van der Waals surface area contributed by atoms with E-state index < -0.39 is 36.0 Å². The fourth-order valence-electron chi connectivity index (χ4n) is 2.07. The van der Waals surface area contributed by atoms with Crippen molar-refractivity contribution in [2.75, 3.05) is 0 Å². The molecule has 0 heterocycles. The highest BCUT2D eigenvalue weighted by molar-refractivity contribution is 5.05. The fraction of sp³-hybridized carbons (Fsp3) is 0.900. The number of hydrogen-bond donors (Lipinski definition) is 0. The van der Waals surface area contributed by atoms with Crippen LogP contribution in [-0.2, 0) is 0 Å². The summed E-state index contributed by atoms with van der Waals surface area (Å²) < 4.78 is 75.9. The Morgan fingerprint density at radius 3 is 1.47 bits per heavy atom. The lowest BCUT2D eigenvalue weighted by Crippen LogP contribution is -2.53. The SMILES string of the molecule is CC1(C#N)CCC(C(F)(F)F)(C(F)(F)F)CC1. The van der Waals surface area contributed by atoms with E-state index in [-0.39, 0.29) is 12.8 Å². The van der Waals surface area contributed by atoms with E-state index in [1.54, 1.807) is 6.07 Å². The Balaban J connectivity index is 3.06. The van der Waals surface area contributed by atoms with Gasteiger partial charge in [-0.25, -0.2) is 0 Å². The molecule has 1 saturated carbocycles. The molecule has 0 aliphatic heterocycles. The van der Waals surface area contributed by atoms with Gasteiger partial charge in [0.25, 0.3) is 0 Å². The first-order valence-corrected chi connectivity index (χ1v) is 5.02. The Morgan fingerprint density at radius 1 is 0.882 bits per heavy atom. The van der Waals surface area contributed by atoms with Crippen molar-refractivity contribution in [3.63, 3.8) is 0 Å². The largest absolute Gasteiger partial charge is 0.403 e. The molecule has 0 unspecified atom stereocenters. The van der Waals surface area contributed by atoms with Gasteiger partial charge >= 0.3 is 12.4 Å². The van der Waals surface area contributed by atoms with Crippen LogP contribution in [0.15, 0.2) is 0 Å². The Labute approximate surface area is 94.4 Å². The molecule has 17 heavy (non-hydrogen) atoms. The minimum Gasteiger partial charge on any atom is -0.198 e. The quantitative estimate of drug-likeness (QED) is 0.598. The molecule has 1 nitrogen and oxygen atoms in total. The van der Waals surface area contributed by atoms with Crippen LogP contribution >= 0.6 is 0 Å². The molecular formula is C10H11F6N. The number of rotatable bonds is 0. The Hall–Kier alpha value is -0.930. The highest BCUT2D eigenvalue weighted by atomic mass is 19.4. The second-order valence-electron chi connectivity index (χ2n) is 4.75. The van der Waals surface area contributed by atoms with Crippen LogP contribution < -0.4 is 0 Å². The molecule has 1 aliphatic rings. The predicted molar refractivity (Wildman–Crippen MR) is 46.7 cm³/mol. The van der Waals surface area contributed by atoms with Crippen molar-refractivity contribution in [2.24, 2.45) is 10.8 Å². The van der Waals surface area contributed by atoms with Crippen LogP contribution in [-0.4, -0.2) is 12.4 Å². The highest BCUT2D eigenvalue weighted by Crippen LogP contribution is 2.60. The molecule has 0 saturated heterocycles. The zero-order valence-electron chi connectivity index (χ0n) is 9.04. The number of halogens is 6. The molecular weight excluding hydrogens is 248 g/mol. The normalized spacial score (nSPS) is 24.1. The zero-order valence-corrected chi connectivity index (χ0v) is 9.04. The van der Waals surface area contributed by atoms with E-state index in [1.807, 2.05) is 0 Å². The molecule has 0 bridgehead atoms. The van der Waals surface area contributed by atoms with Crippen LogP contribution in [0, 0.1) is 22.2 Å². The molecule has 0 spiro atoms. The van der Waals surface area contributed by atoms with Crippen LogP contribution in [0.1, 0.15) is 32.6 Å². The number of nitriles is 1. The van der Waals surface area contributed by atoms with E-state index in [2.05, 4.69) is 0 Å². The van der Waals surface area contributed by atoms with E-state index in [9.17, 15) is 26.3 Å². The molecule has 0 atom stereocenters. The monoisotopic (exact) mass is 259 g/mol. The van der Waals surface area contributed by atoms with E-state index in [0.29, 0.717) is 0 Å². The minimum atomic E-state index is -5.32. The topological polar surface area (TPSA) is 23.8 Å². The van der Waals surface area contributed by atoms with Crippen molar-refractivity contribution in [1.82, 2.24) is 0 Å². The molecule has 0 amide bonds. The van der Waals surface area contributed by atoms with Gasteiger partial charge in [-0.3, -0.25) is 0 Å². The van der Waals surface area contributed by atoms with Crippen molar-refractivity contribution in [3.05, 3.63) is 0 Å². The molecule has 1 fully saturated rings. The summed E-state index contributed by atoms with van der Waals surface area (Å²) in [5, 5.41) is 8.71. The second-order valence-corrected chi connectivity index (χ2v) is 4.75. The van der Waals surface area contributed by atoms with Crippen LogP contribution in [0.2, 0.25) is 0 Å². The van der Waals surface area contributed by atoms with E-state index in [0.717, 1.165) is 0 Å². The van der Waals surface area contributed by atoms with Gasteiger partial charge < -0.3 is 0 Å². The molecule has 1 aliphatic carbocycles. The van der Waals surface area contributed by atoms with E-state index in [1.165, 1.54) is 6.92 Å². The lowest BCUT2D eigenvalue weighted by atomic mass is 9.64. The van der Waals surface area contributed by atoms with Crippen molar-refractivity contribution < 1.29 is 26.3 Å². The van der Waals surface area contributed by atoms with Gasteiger partial charge in [-0.15, -0.1) is 0 Å². The third-order valence-corrected chi connectivity index (χ3v) is 3.56.